The molecule has 4 heteroatoms. The molecule has 2 unspecified atom stereocenters. The van der Waals surface area contributed by atoms with E-state index < -0.39 is 11.6 Å². The highest BCUT2D eigenvalue weighted by molar-refractivity contribution is 6.00. The molecule has 2 amide bonds. The molecule has 0 spiro atoms. The van der Waals surface area contributed by atoms with Gasteiger partial charge in [-0.1, -0.05) is 30.3 Å². The van der Waals surface area contributed by atoms with Gasteiger partial charge in [-0.25, -0.2) is 0 Å². The van der Waals surface area contributed by atoms with Crippen LogP contribution in [0, 0.1) is 5.92 Å². The van der Waals surface area contributed by atoms with Gasteiger partial charge in [0, 0.05) is 13.0 Å². The summed E-state index contributed by atoms with van der Waals surface area (Å²) >= 11 is 0. The van der Waals surface area contributed by atoms with E-state index in [9.17, 15) is 9.59 Å². The number of amides is 2. The van der Waals surface area contributed by atoms with Crippen molar-refractivity contribution >= 4 is 11.8 Å². The maximum absolute atomic E-state index is 12.8. The van der Waals surface area contributed by atoms with E-state index in [1.807, 2.05) is 44.2 Å². The fourth-order valence-corrected chi connectivity index (χ4v) is 3.32. The maximum atomic E-state index is 12.8. The highest BCUT2D eigenvalue weighted by Crippen LogP contribution is 2.42. The van der Waals surface area contributed by atoms with E-state index in [0.717, 1.165) is 18.4 Å². The lowest BCUT2D eigenvalue weighted by Gasteiger charge is -2.44. The lowest BCUT2D eigenvalue weighted by atomic mass is 9.88. The molecule has 1 aliphatic heterocycles. The molecule has 112 valence electrons. The molecule has 1 heterocycles. The second-order valence-corrected chi connectivity index (χ2v) is 6.26. The van der Waals surface area contributed by atoms with E-state index in [0.29, 0.717) is 18.9 Å². The Kier molecular flexibility index (Phi) is 3.47. The summed E-state index contributed by atoms with van der Waals surface area (Å²) in [4.78, 5) is 27.1. The van der Waals surface area contributed by atoms with Gasteiger partial charge in [0.2, 0.25) is 11.8 Å². The third-order valence-electron chi connectivity index (χ3n) is 4.77. The summed E-state index contributed by atoms with van der Waals surface area (Å²) in [6.45, 7) is 4.40. The molecule has 1 saturated carbocycles. The molecule has 2 fully saturated rings. The molecule has 1 aromatic rings. The number of likely N-dealkylation sites (N-methyl/N-ethyl adjacent to an activating group) is 1. The second-order valence-electron chi connectivity index (χ2n) is 6.26. The minimum atomic E-state index is -0.694. The first-order valence-electron chi connectivity index (χ1n) is 7.73. The van der Waals surface area contributed by atoms with Gasteiger partial charge in [-0.05, 0) is 38.2 Å². The second kappa shape index (κ2) is 5.17. The zero-order chi connectivity index (χ0) is 15.0. The summed E-state index contributed by atoms with van der Waals surface area (Å²) in [5, 5.41) is 3.01. The maximum Gasteiger partial charge on any atom is 0.249 e. The summed E-state index contributed by atoms with van der Waals surface area (Å²) in [7, 11) is 0. The van der Waals surface area contributed by atoms with E-state index in [4.69, 9.17) is 0 Å². The molecule has 1 aromatic carbocycles. The molecule has 1 saturated heterocycles. The molecule has 1 N–H and O–H groups in total. The Bertz CT molecular complexity index is 553. The Morgan fingerprint density at radius 3 is 2.48 bits per heavy atom. The normalized spacial score (nSPS) is 29.4. The fraction of sp³-hybridized carbons (Fsp3) is 0.529. The first-order valence-corrected chi connectivity index (χ1v) is 7.73. The number of rotatable bonds is 4. The quantitative estimate of drug-likeness (QED) is 0.916. The van der Waals surface area contributed by atoms with Crippen LogP contribution in [0.1, 0.15) is 32.3 Å². The van der Waals surface area contributed by atoms with Crippen LogP contribution in [-0.2, 0) is 16.0 Å². The summed E-state index contributed by atoms with van der Waals surface area (Å²) in [6.07, 6.45) is 2.64. The van der Waals surface area contributed by atoms with Gasteiger partial charge in [0.15, 0.2) is 0 Å². The third-order valence-corrected chi connectivity index (χ3v) is 4.77. The van der Waals surface area contributed by atoms with Crippen LogP contribution < -0.4 is 5.32 Å². The zero-order valence-corrected chi connectivity index (χ0v) is 12.6. The highest BCUT2D eigenvalue weighted by atomic mass is 16.2. The lowest BCUT2D eigenvalue weighted by molar-refractivity contribution is -0.155. The van der Waals surface area contributed by atoms with Gasteiger partial charge in [0.25, 0.3) is 0 Å². The summed E-state index contributed by atoms with van der Waals surface area (Å²) in [6, 6.07) is 9.49. The Morgan fingerprint density at radius 2 is 1.90 bits per heavy atom. The predicted octanol–water partition coefficient (Wildman–Crippen LogP) is 1.74. The van der Waals surface area contributed by atoms with Gasteiger partial charge in [-0.3, -0.25) is 9.59 Å². The molecular formula is C17H22N2O2. The Morgan fingerprint density at radius 1 is 1.24 bits per heavy atom. The lowest BCUT2D eigenvalue weighted by Crippen LogP contribution is -2.70. The van der Waals surface area contributed by atoms with Crippen molar-refractivity contribution in [2.75, 3.05) is 6.54 Å². The number of piperazine rings is 1. The van der Waals surface area contributed by atoms with Crippen molar-refractivity contribution < 1.29 is 9.59 Å². The largest absolute Gasteiger partial charge is 0.340 e. The third kappa shape index (κ3) is 2.43. The van der Waals surface area contributed by atoms with E-state index in [2.05, 4.69) is 5.32 Å². The van der Waals surface area contributed by atoms with Crippen molar-refractivity contribution in [2.24, 2.45) is 5.92 Å². The van der Waals surface area contributed by atoms with E-state index in [1.165, 1.54) is 0 Å². The molecule has 3 rings (SSSR count). The fourth-order valence-electron chi connectivity index (χ4n) is 3.32. The number of hydrogen-bond acceptors (Lipinski definition) is 2. The molecule has 4 nitrogen and oxygen atoms in total. The van der Waals surface area contributed by atoms with Gasteiger partial charge < -0.3 is 10.2 Å². The minimum Gasteiger partial charge on any atom is -0.340 e. The standard InChI is InChI=1S/C17H22N2O2/c1-3-19-14(11-12-7-5-4-6-8-12)15(20)18-17(2,16(19)21)13-9-10-13/h4-8,13-14H,3,9-11H2,1-2H3,(H,18,20). The van der Waals surface area contributed by atoms with E-state index in [-0.39, 0.29) is 11.8 Å². The van der Waals surface area contributed by atoms with E-state index >= 15 is 0 Å². The first kappa shape index (κ1) is 14.1. The van der Waals surface area contributed by atoms with Crippen molar-refractivity contribution in [3.63, 3.8) is 0 Å². The Balaban J connectivity index is 1.84. The molecular weight excluding hydrogens is 264 g/mol. The van der Waals surface area contributed by atoms with Crippen molar-refractivity contribution in [1.82, 2.24) is 10.2 Å². The highest BCUT2D eigenvalue weighted by Gasteiger charge is 2.54. The van der Waals surface area contributed by atoms with Gasteiger partial charge >= 0.3 is 0 Å². The van der Waals surface area contributed by atoms with Crippen LogP contribution in [-0.4, -0.2) is 34.8 Å². The summed E-state index contributed by atoms with van der Waals surface area (Å²) in [5.74, 6) is 0.364. The van der Waals surface area contributed by atoms with Crippen LogP contribution in [0.5, 0.6) is 0 Å². The summed E-state index contributed by atoms with van der Waals surface area (Å²) in [5.41, 5.74) is 0.388. The number of benzene rings is 1. The molecule has 0 bridgehead atoms. The van der Waals surface area contributed by atoms with Crippen molar-refractivity contribution in [3.05, 3.63) is 35.9 Å². The molecule has 0 radical (unpaired) electrons. The molecule has 2 atom stereocenters. The van der Waals surface area contributed by atoms with Gasteiger partial charge in [0.05, 0.1) is 0 Å². The predicted molar refractivity (Wildman–Crippen MR) is 80.6 cm³/mol. The number of carbonyl (C=O) groups is 2. The van der Waals surface area contributed by atoms with Gasteiger partial charge in [-0.15, -0.1) is 0 Å². The summed E-state index contributed by atoms with van der Waals surface area (Å²) < 4.78 is 0. The van der Waals surface area contributed by atoms with Crippen LogP contribution in [0.25, 0.3) is 0 Å². The number of nitrogens with one attached hydrogen (secondary N) is 1. The van der Waals surface area contributed by atoms with Crippen molar-refractivity contribution in [3.8, 4) is 0 Å². The zero-order valence-electron chi connectivity index (χ0n) is 12.6. The average molecular weight is 286 g/mol. The van der Waals surface area contributed by atoms with Crippen LogP contribution in [0.3, 0.4) is 0 Å². The van der Waals surface area contributed by atoms with Crippen LogP contribution in [0.4, 0.5) is 0 Å². The smallest absolute Gasteiger partial charge is 0.249 e. The SMILES string of the molecule is CCN1C(=O)C(C)(C2CC2)NC(=O)C1Cc1ccccc1. The van der Waals surface area contributed by atoms with Gasteiger partial charge in [-0.2, -0.15) is 0 Å². The van der Waals surface area contributed by atoms with Gasteiger partial charge in [0.1, 0.15) is 11.6 Å². The minimum absolute atomic E-state index is 0.0188. The number of hydrogen-bond donors (Lipinski definition) is 1. The van der Waals surface area contributed by atoms with E-state index in [1.54, 1.807) is 4.90 Å². The average Bonchev–Trinajstić information content (AvgIpc) is 3.31. The first-order chi connectivity index (χ1) is 10.1. The van der Waals surface area contributed by atoms with Crippen molar-refractivity contribution in [1.29, 1.82) is 0 Å². The van der Waals surface area contributed by atoms with Crippen molar-refractivity contribution in [2.45, 2.75) is 44.7 Å². The Labute approximate surface area is 125 Å². The van der Waals surface area contributed by atoms with Crippen LogP contribution in [0.15, 0.2) is 30.3 Å². The molecule has 21 heavy (non-hydrogen) atoms. The number of nitrogens with zero attached hydrogens (tertiary/aromatic N) is 1. The van der Waals surface area contributed by atoms with Crippen LogP contribution >= 0.6 is 0 Å². The molecule has 2 aliphatic rings. The molecule has 1 aliphatic carbocycles. The number of carbonyl (C=O) groups excluding carboxylic acids is 2. The van der Waals surface area contributed by atoms with Crippen LogP contribution in [0.2, 0.25) is 0 Å². The monoisotopic (exact) mass is 286 g/mol. The topological polar surface area (TPSA) is 49.4 Å². The Hall–Kier alpha value is -1.84. The molecule has 0 aromatic heterocycles.